The highest BCUT2D eigenvalue weighted by atomic mass is 32.5. The largest absolute Gasteiger partial charge is 0.387 e. The maximum atomic E-state index is 10.2. The van der Waals surface area contributed by atoms with Crippen LogP contribution in [0.25, 0.3) is 11.2 Å². The lowest BCUT2D eigenvalue weighted by Crippen LogP contribution is -2.33. The van der Waals surface area contributed by atoms with Crippen LogP contribution in [-0.2, 0) is 21.1 Å². The van der Waals surface area contributed by atoms with Crippen LogP contribution in [0.4, 0.5) is 5.82 Å². The smallest absolute Gasteiger partial charge is 0.321 e. The molecule has 1 unspecified atom stereocenters. The van der Waals surface area contributed by atoms with Gasteiger partial charge in [-0.05, 0) is 11.8 Å². The van der Waals surface area contributed by atoms with Gasteiger partial charge in [-0.1, -0.05) is 0 Å². The summed E-state index contributed by atoms with van der Waals surface area (Å²) in [6.07, 6.45) is -2.06. The van der Waals surface area contributed by atoms with E-state index in [1.54, 1.807) is 0 Å². The standard InChI is InChI=1S/C10H14N5O6PS/c11-8-5-9(13-2-12-8)15(3-14-5)10-7(17)6(16)4(21-10)1-20-22(18,19)23/h2-4,6-7,10,16-17H,1H2,(H2,11,12,13)(H2,18,19,23)/t4-,6?,7+,10-/m1/s1. The van der Waals surface area contributed by atoms with Crippen molar-refractivity contribution in [1.82, 2.24) is 19.5 Å². The maximum absolute atomic E-state index is 10.2. The lowest BCUT2D eigenvalue weighted by Gasteiger charge is -2.16. The number of nitrogens with two attached hydrogens (primary N) is 1. The van der Waals surface area contributed by atoms with Crippen LogP contribution in [0.1, 0.15) is 6.23 Å². The van der Waals surface area contributed by atoms with Gasteiger partial charge in [0.25, 0.3) is 0 Å². The summed E-state index contributed by atoms with van der Waals surface area (Å²) in [4.78, 5) is 30.0. The Morgan fingerprint density at radius 2 is 2.04 bits per heavy atom. The second kappa shape index (κ2) is 6.00. The van der Waals surface area contributed by atoms with Crippen LogP contribution in [0.5, 0.6) is 0 Å². The van der Waals surface area contributed by atoms with Crippen LogP contribution in [0.15, 0.2) is 12.7 Å². The first kappa shape index (κ1) is 16.6. The molecule has 0 aromatic carbocycles. The van der Waals surface area contributed by atoms with Gasteiger partial charge in [-0.2, -0.15) is 0 Å². The Bertz CT molecular complexity index is 767. The zero-order chi connectivity index (χ0) is 16.8. The fourth-order valence-corrected chi connectivity index (χ4v) is 2.85. The number of hydrogen-bond donors (Lipinski definition) is 5. The predicted molar refractivity (Wildman–Crippen MR) is 80.3 cm³/mol. The molecular formula is C10H14N5O6PS. The molecule has 23 heavy (non-hydrogen) atoms. The average molecular weight is 363 g/mol. The van der Waals surface area contributed by atoms with Crippen LogP contribution in [0.2, 0.25) is 0 Å². The van der Waals surface area contributed by atoms with Gasteiger partial charge in [-0.3, -0.25) is 4.57 Å². The number of ether oxygens (including phenoxy) is 1. The first-order valence-electron chi connectivity index (χ1n) is 6.42. The van der Waals surface area contributed by atoms with E-state index in [9.17, 15) is 10.2 Å². The minimum absolute atomic E-state index is 0.169. The molecule has 0 amide bonds. The molecule has 2 aromatic heterocycles. The SMILES string of the molecule is Nc1ncnc2c1ncn2[C@@H]1O[C@H](COP(O)(O)=S)C(O)[C@@H]1O. The van der Waals surface area contributed by atoms with E-state index in [4.69, 9.17) is 20.3 Å². The van der Waals surface area contributed by atoms with Crippen molar-refractivity contribution < 1.29 is 29.3 Å². The zero-order valence-corrected chi connectivity index (χ0v) is 13.2. The average Bonchev–Trinajstić information content (AvgIpc) is 3.01. The van der Waals surface area contributed by atoms with E-state index < -0.39 is 31.3 Å². The fraction of sp³-hybridized carbons (Fsp3) is 0.500. The van der Waals surface area contributed by atoms with E-state index in [1.807, 2.05) is 0 Å². The summed E-state index contributed by atoms with van der Waals surface area (Å²) >= 11 is 4.33. The molecule has 4 atom stereocenters. The van der Waals surface area contributed by atoms with Crippen molar-refractivity contribution in [1.29, 1.82) is 0 Å². The Balaban J connectivity index is 1.85. The molecule has 3 heterocycles. The lowest BCUT2D eigenvalue weighted by atomic mass is 10.1. The quantitative estimate of drug-likeness (QED) is 0.391. The second-order valence-corrected chi connectivity index (χ2v) is 7.58. The number of aliphatic hydroxyl groups is 2. The van der Waals surface area contributed by atoms with Gasteiger partial charge in [0.1, 0.15) is 30.2 Å². The molecule has 11 nitrogen and oxygen atoms in total. The number of fused-ring (bicyclic) bond motifs is 1. The zero-order valence-electron chi connectivity index (χ0n) is 11.5. The highest BCUT2D eigenvalue weighted by Crippen LogP contribution is 2.39. The molecule has 0 spiro atoms. The molecule has 2 aromatic rings. The van der Waals surface area contributed by atoms with Crippen molar-refractivity contribution in [2.75, 3.05) is 12.3 Å². The van der Waals surface area contributed by atoms with E-state index in [-0.39, 0.29) is 12.4 Å². The molecule has 1 aliphatic rings. The third-order valence-corrected chi connectivity index (χ3v) is 4.21. The van der Waals surface area contributed by atoms with Crippen LogP contribution in [0.3, 0.4) is 0 Å². The van der Waals surface area contributed by atoms with Crippen LogP contribution >= 0.6 is 6.72 Å². The van der Waals surface area contributed by atoms with E-state index in [0.29, 0.717) is 11.2 Å². The van der Waals surface area contributed by atoms with Gasteiger partial charge >= 0.3 is 6.72 Å². The summed E-state index contributed by atoms with van der Waals surface area (Å²) < 4.78 is 11.6. The minimum Gasteiger partial charge on any atom is -0.387 e. The predicted octanol–water partition coefficient (Wildman–Crippen LogP) is -1.75. The Kier molecular flexibility index (Phi) is 4.33. The number of anilines is 1. The van der Waals surface area contributed by atoms with Crippen molar-refractivity contribution in [3.8, 4) is 0 Å². The number of nitrogens with zero attached hydrogens (tertiary/aromatic N) is 4. The number of aromatic nitrogens is 4. The number of rotatable bonds is 4. The lowest BCUT2D eigenvalue weighted by molar-refractivity contribution is -0.0487. The van der Waals surface area contributed by atoms with Crippen LogP contribution in [0, 0.1) is 0 Å². The number of nitrogen functional groups attached to an aromatic ring is 1. The molecule has 126 valence electrons. The number of aliphatic hydroxyl groups excluding tert-OH is 2. The molecule has 1 fully saturated rings. The summed E-state index contributed by atoms with van der Waals surface area (Å²) in [6.45, 7) is -4.27. The van der Waals surface area contributed by atoms with Crippen molar-refractivity contribution in [2.45, 2.75) is 24.5 Å². The van der Waals surface area contributed by atoms with Gasteiger partial charge in [-0.25, -0.2) is 15.0 Å². The molecule has 13 heteroatoms. The van der Waals surface area contributed by atoms with E-state index in [2.05, 4.69) is 31.3 Å². The topological polar surface area (TPSA) is 169 Å². The summed E-state index contributed by atoms with van der Waals surface area (Å²) in [7, 11) is 0. The first-order valence-corrected chi connectivity index (χ1v) is 9.05. The monoisotopic (exact) mass is 363 g/mol. The molecule has 1 saturated heterocycles. The molecule has 0 bridgehead atoms. The summed E-state index contributed by atoms with van der Waals surface area (Å²) in [5.74, 6) is 0.169. The van der Waals surface area contributed by atoms with Crippen molar-refractivity contribution in [2.24, 2.45) is 0 Å². The van der Waals surface area contributed by atoms with Gasteiger partial charge in [0.15, 0.2) is 17.7 Å². The summed E-state index contributed by atoms with van der Waals surface area (Å²) in [5.41, 5.74) is 6.35. The Morgan fingerprint density at radius 1 is 1.30 bits per heavy atom. The Hall–Kier alpha value is -1.24. The molecule has 3 rings (SSSR count). The van der Waals surface area contributed by atoms with E-state index >= 15 is 0 Å². The van der Waals surface area contributed by atoms with Gasteiger partial charge in [0.2, 0.25) is 0 Å². The highest BCUT2D eigenvalue weighted by Gasteiger charge is 2.44. The maximum Gasteiger partial charge on any atom is 0.321 e. The molecule has 1 aliphatic heterocycles. The second-order valence-electron chi connectivity index (χ2n) is 4.92. The van der Waals surface area contributed by atoms with Crippen molar-refractivity contribution in [3.05, 3.63) is 12.7 Å². The highest BCUT2D eigenvalue weighted by molar-refractivity contribution is 8.06. The van der Waals surface area contributed by atoms with Crippen molar-refractivity contribution in [3.63, 3.8) is 0 Å². The fourth-order valence-electron chi connectivity index (χ4n) is 2.32. The van der Waals surface area contributed by atoms with Gasteiger partial charge in [0.05, 0.1) is 12.9 Å². The van der Waals surface area contributed by atoms with Crippen LogP contribution in [-0.4, -0.2) is 64.4 Å². The van der Waals surface area contributed by atoms with Gasteiger partial charge in [-0.15, -0.1) is 0 Å². The third kappa shape index (κ3) is 3.20. The Labute approximate surface area is 134 Å². The summed E-state index contributed by atoms with van der Waals surface area (Å²) in [5, 5.41) is 20.2. The molecule has 6 N–H and O–H groups in total. The van der Waals surface area contributed by atoms with E-state index in [0.717, 1.165) is 0 Å². The Morgan fingerprint density at radius 3 is 2.74 bits per heavy atom. The molecule has 0 aliphatic carbocycles. The summed E-state index contributed by atoms with van der Waals surface area (Å²) in [6, 6.07) is 0. The number of hydrogen-bond acceptors (Lipinski definition) is 9. The third-order valence-electron chi connectivity index (χ3n) is 3.41. The molecule has 0 saturated carbocycles. The minimum atomic E-state index is -3.89. The van der Waals surface area contributed by atoms with Crippen LogP contribution < -0.4 is 5.73 Å². The van der Waals surface area contributed by atoms with Crippen molar-refractivity contribution >= 4 is 35.5 Å². The van der Waals surface area contributed by atoms with Gasteiger partial charge < -0.3 is 35.0 Å². The van der Waals surface area contributed by atoms with E-state index in [1.165, 1.54) is 17.2 Å². The van der Waals surface area contributed by atoms with Gasteiger partial charge in [0, 0.05) is 0 Å². The molecular weight excluding hydrogens is 349 g/mol. The molecule has 0 radical (unpaired) electrons. The normalized spacial score (nSPS) is 28.5. The first-order chi connectivity index (χ1) is 10.8. The number of imidazole rings is 1.